The molecular weight excluding hydrogens is 330 g/mol. The number of nitrogens with zero attached hydrogens (tertiary/aromatic N) is 1. The number of hydrogen-bond donors (Lipinski definition) is 2. The highest BCUT2D eigenvalue weighted by atomic mass is 16.5. The summed E-state index contributed by atoms with van der Waals surface area (Å²) in [7, 11) is 0. The normalized spacial score (nSPS) is 10.5. The van der Waals surface area contributed by atoms with E-state index in [2.05, 4.69) is 15.8 Å². The summed E-state index contributed by atoms with van der Waals surface area (Å²) in [6.45, 7) is 2.99. The maximum atomic E-state index is 11.8. The zero-order valence-electron chi connectivity index (χ0n) is 14.8. The molecule has 0 saturated heterocycles. The predicted molar refractivity (Wildman–Crippen MR) is 101 cm³/mol. The largest absolute Gasteiger partial charge is 0.494 e. The minimum atomic E-state index is -0.304. The molecule has 136 valence electrons. The first kappa shape index (κ1) is 19.2. The first-order chi connectivity index (χ1) is 12.7. The second-order valence-corrected chi connectivity index (χ2v) is 5.56. The van der Waals surface area contributed by atoms with Crippen molar-refractivity contribution in [3.8, 4) is 5.75 Å². The number of rotatable bonds is 9. The highest BCUT2D eigenvalue weighted by Gasteiger charge is 2.06. The summed E-state index contributed by atoms with van der Waals surface area (Å²) in [5.41, 5.74) is 4.28. The second kappa shape index (κ2) is 10.7. The molecule has 0 fully saturated rings. The molecule has 2 rings (SSSR count). The summed E-state index contributed by atoms with van der Waals surface area (Å²) < 4.78 is 5.35. The van der Waals surface area contributed by atoms with Crippen molar-refractivity contribution in [3.63, 3.8) is 0 Å². The Hall–Kier alpha value is -3.15. The quantitative estimate of drug-likeness (QED) is 0.537. The molecule has 0 heterocycles. The van der Waals surface area contributed by atoms with Crippen molar-refractivity contribution in [1.82, 2.24) is 10.7 Å². The van der Waals surface area contributed by atoms with E-state index in [1.165, 1.54) is 0 Å². The molecule has 0 unspecified atom stereocenters. The molecule has 0 saturated carbocycles. The van der Waals surface area contributed by atoms with Gasteiger partial charge in [0.1, 0.15) is 5.75 Å². The van der Waals surface area contributed by atoms with E-state index in [1.54, 1.807) is 6.21 Å². The number of amides is 2. The number of nitrogens with one attached hydrogen (secondary N) is 2. The molecule has 0 bridgehead atoms. The molecule has 2 aromatic carbocycles. The van der Waals surface area contributed by atoms with Crippen molar-refractivity contribution >= 4 is 18.0 Å². The first-order valence-electron chi connectivity index (χ1n) is 8.52. The van der Waals surface area contributed by atoms with Crippen LogP contribution in [-0.4, -0.2) is 24.6 Å². The van der Waals surface area contributed by atoms with Crippen LogP contribution in [0, 0.1) is 0 Å². The lowest BCUT2D eigenvalue weighted by Crippen LogP contribution is -2.25. The molecule has 2 aromatic rings. The number of ether oxygens (including phenoxy) is 1. The van der Waals surface area contributed by atoms with Gasteiger partial charge in [-0.1, -0.05) is 30.3 Å². The lowest BCUT2D eigenvalue weighted by atomic mass is 10.2. The zero-order valence-corrected chi connectivity index (χ0v) is 14.8. The van der Waals surface area contributed by atoms with Crippen LogP contribution in [0.5, 0.6) is 5.75 Å². The Kier molecular flexibility index (Phi) is 7.86. The van der Waals surface area contributed by atoms with Gasteiger partial charge in [-0.05, 0) is 42.3 Å². The van der Waals surface area contributed by atoms with Crippen LogP contribution in [0.2, 0.25) is 0 Å². The van der Waals surface area contributed by atoms with Crippen LogP contribution in [0.15, 0.2) is 59.7 Å². The van der Waals surface area contributed by atoms with Crippen molar-refractivity contribution in [3.05, 3.63) is 65.7 Å². The fourth-order valence-electron chi connectivity index (χ4n) is 2.16. The van der Waals surface area contributed by atoms with Gasteiger partial charge in [0.05, 0.1) is 12.8 Å². The smallest absolute Gasteiger partial charge is 0.240 e. The van der Waals surface area contributed by atoms with Gasteiger partial charge in [0.15, 0.2) is 0 Å². The van der Waals surface area contributed by atoms with Gasteiger partial charge in [0, 0.05) is 19.4 Å². The van der Waals surface area contributed by atoms with E-state index >= 15 is 0 Å². The van der Waals surface area contributed by atoms with Gasteiger partial charge in [-0.3, -0.25) is 9.59 Å². The van der Waals surface area contributed by atoms with E-state index in [1.807, 2.05) is 61.5 Å². The third kappa shape index (κ3) is 7.17. The highest BCUT2D eigenvalue weighted by molar-refractivity contribution is 5.85. The molecule has 2 N–H and O–H groups in total. The average Bonchev–Trinajstić information content (AvgIpc) is 2.67. The third-order valence-corrected chi connectivity index (χ3v) is 3.51. The first-order valence-corrected chi connectivity index (χ1v) is 8.52. The topological polar surface area (TPSA) is 79.8 Å². The van der Waals surface area contributed by atoms with E-state index in [-0.39, 0.29) is 24.7 Å². The lowest BCUT2D eigenvalue weighted by molar-refractivity contribution is -0.126. The molecule has 26 heavy (non-hydrogen) atoms. The molecule has 0 atom stereocenters. The lowest BCUT2D eigenvalue weighted by Gasteiger charge is -2.05. The van der Waals surface area contributed by atoms with Crippen LogP contribution in [0.1, 0.15) is 30.9 Å². The standard InChI is InChI=1S/C20H23N3O3/c1-2-26-18-10-8-17(9-11-18)15-22-23-20(25)13-12-19(24)21-14-16-6-4-3-5-7-16/h3-11,15H,2,12-14H2,1H3,(H,21,24)(H,23,25)/b22-15+. The maximum Gasteiger partial charge on any atom is 0.240 e. The number of hydrazone groups is 1. The second-order valence-electron chi connectivity index (χ2n) is 5.56. The summed E-state index contributed by atoms with van der Waals surface area (Å²) in [4.78, 5) is 23.5. The minimum absolute atomic E-state index is 0.0846. The molecule has 0 aliphatic carbocycles. The van der Waals surface area contributed by atoms with E-state index in [0.717, 1.165) is 16.9 Å². The van der Waals surface area contributed by atoms with Gasteiger partial charge in [0.2, 0.25) is 11.8 Å². The van der Waals surface area contributed by atoms with Crippen molar-refractivity contribution in [1.29, 1.82) is 0 Å². The van der Waals surface area contributed by atoms with Crippen LogP contribution in [0.4, 0.5) is 0 Å². The molecule has 0 spiro atoms. The fraction of sp³-hybridized carbons (Fsp3) is 0.250. The van der Waals surface area contributed by atoms with Crippen LogP contribution < -0.4 is 15.5 Å². The summed E-state index contributed by atoms with van der Waals surface area (Å²) in [5, 5.41) is 6.67. The average molecular weight is 353 g/mol. The highest BCUT2D eigenvalue weighted by Crippen LogP contribution is 2.10. The van der Waals surface area contributed by atoms with Crippen LogP contribution in [0.3, 0.4) is 0 Å². The Balaban J connectivity index is 1.65. The maximum absolute atomic E-state index is 11.8. The Morgan fingerprint density at radius 3 is 2.38 bits per heavy atom. The molecule has 6 heteroatoms. The minimum Gasteiger partial charge on any atom is -0.494 e. The van der Waals surface area contributed by atoms with Crippen LogP contribution in [-0.2, 0) is 16.1 Å². The fourth-order valence-corrected chi connectivity index (χ4v) is 2.16. The Bertz CT molecular complexity index is 728. The van der Waals surface area contributed by atoms with Crippen molar-refractivity contribution in [2.45, 2.75) is 26.3 Å². The van der Waals surface area contributed by atoms with E-state index in [0.29, 0.717) is 13.2 Å². The molecule has 0 aromatic heterocycles. The van der Waals surface area contributed by atoms with E-state index in [9.17, 15) is 9.59 Å². The Labute approximate surface area is 153 Å². The molecular formula is C20H23N3O3. The van der Waals surface area contributed by atoms with Gasteiger partial charge >= 0.3 is 0 Å². The van der Waals surface area contributed by atoms with Crippen molar-refractivity contribution < 1.29 is 14.3 Å². The van der Waals surface area contributed by atoms with Gasteiger partial charge in [-0.15, -0.1) is 0 Å². The summed E-state index contributed by atoms with van der Waals surface area (Å²) >= 11 is 0. The van der Waals surface area contributed by atoms with Gasteiger partial charge in [-0.25, -0.2) is 5.43 Å². The van der Waals surface area contributed by atoms with E-state index < -0.39 is 0 Å². The SMILES string of the molecule is CCOc1ccc(/C=N/NC(=O)CCC(=O)NCc2ccccc2)cc1. The van der Waals surface area contributed by atoms with Crippen molar-refractivity contribution in [2.24, 2.45) is 5.10 Å². The molecule has 6 nitrogen and oxygen atoms in total. The van der Waals surface area contributed by atoms with Gasteiger partial charge in [0.25, 0.3) is 0 Å². The Morgan fingerprint density at radius 2 is 1.69 bits per heavy atom. The monoisotopic (exact) mass is 353 g/mol. The number of carbonyl (C=O) groups excluding carboxylic acids is 2. The molecule has 0 radical (unpaired) electrons. The number of carbonyl (C=O) groups is 2. The van der Waals surface area contributed by atoms with Gasteiger partial charge in [-0.2, -0.15) is 5.10 Å². The summed E-state index contributed by atoms with van der Waals surface area (Å²) in [6, 6.07) is 17.0. The van der Waals surface area contributed by atoms with Crippen molar-refractivity contribution in [2.75, 3.05) is 6.61 Å². The molecule has 0 aliphatic rings. The Morgan fingerprint density at radius 1 is 1.00 bits per heavy atom. The number of hydrogen-bond acceptors (Lipinski definition) is 4. The molecule has 2 amide bonds. The number of benzene rings is 2. The molecule has 0 aliphatic heterocycles. The summed E-state index contributed by atoms with van der Waals surface area (Å²) in [6.07, 6.45) is 1.75. The zero-order chi connectivity index (χ0) is 18.6. The third-order valence-electron chi connectivity index (χ3n) is 3.51. The predicted octanol–water partition coefficient (Wildman–Crippen LogP) is 2.63. The van der Waals surface area contributed by atoms with Gasteiger partial charge < -0.3 is 10.1 Å². The van der Waals surface area contributed by atoms with Crippen LogP contribution >= 0.6 is 0 Å². The summed E-state index contributed by atoms with van der Waals surface area (Å²) in [5.74, 6) is 0.316. The van der Waals surface area contributed by atoms with Crippen LogP contribution in [0.25, 0.3) is 0 Å². The van der Waals surface area contributed by atoms with E-state index in [4.69, 9.17) is 4.74 Å².